The average Bonchev–Trinajstić information content (AvgIpc) is 3.33. The lowest BCUT2D eigenvalue weighted by atomic mass is 10.00. The van der Waals surface area contributed by atoms with Gasteiger partial charge in [0.05, 0.1) is 34.5 Å². The lowest BCUT2D eigenvalue weighted by Gasteiger charge is -2.45. The van der Waals surface area contributed by atoms with Gasteiger partial charge in [0.15, 0.2) is 0 Å². The second kappa shape index (κ2) is 9.40. The van der Waals surface area contributed by atoms with Crippen molar-refractivity contribution in [3.05, 3.63) is 58.3 Å². The van der Waals surface area contributed by atoms with Crippen LogP contribution in [-0.2, 0) is 13.6 Å². The van der Waals surface area contributed by atoms with Crippen LogP contribution in [0.15, 0.2) is 41.6 Å². The number of nitriles is 2. The molecule has 0 N–H and O–H groups in total. The van der Waals surface area contributed by atoms with Crippen molar-refractivity contribution < 1.29 is 0 Å². The lowest BCUT2D eigenvalue weighted by Crippen LogP contribution is -2.54. The molecule has 36 heavy (non-hydrogen) atoms. The second-order valence-corrected chi connectivity index (χ2v) is 9.14. The fraction of sp³-hybridized carbons (Fsp3) is 0.385. The van der Waals surface area contributed by atoms with Crippen LogP contribution in [0.25, 0.3) is 22.1 Å². The molecule has 1 fully saturated rings. The largest absolute Gasteiger partial charge is 0.366 e. The van der Waals surface area contributed by atoms with Crippen LogP contribution in [0, 0.1) is 22.7 Å². The van der Waals surface area contributed by atoms with Crippen molar-refractivity contribution in [1.29, 1.82) is 10.5 Å². The minimum absolute atomic E-state index is 0.0726. The van der Waals surface area contributed by atoms with Gasteiger partial charge in [-0.15, -0.1) is 0 Å². The fourth-order valence-corrected chi connectivity index (χ4v) is 5.26. The summed E-state index contributed by atoms with van der Waals surface area (Å²) in [5.74, 6) is 0. The third kappa shape index (κ3) is 3.86. The predicted octanol–water partition coefficient (Wildman–Crippen LogP) is 2.74. The summed E-state index contributed by atoms with van der Waals surface area (Å²) >= 11 is 0. The summed E-state index contributed by atoms with van der Waals surface area (Å²) in [6.45, 7) is 6.51. The van der Waals surface area contributed by atoms with Gasteiger partial charge in [-0.25, -0.2) is 0 Å². The number of aromatic nitrogens is 5. The second-order valence-electron chi connectivity index (χ2n) is 9.14. The van der Waals surface area contributed by atoms with Gasteiger partial charge in [0.1, 0.15) is 23.7 Å². The van der Waals surface area contributed by atoms with Crippen LogP contribution in [0.2, 0.25) is 0 Å². The van der Waals surface area contributed by atoms with Crippen molar-refractivity contribution in [2.24, 2.45) is 7.05 Å². The SMILES string of the molecule is CCC1CN(c2c(C#N)c(=O)n(C)c3cn(CC#N)nc23)CCN1C(C)c1ccc2nccnc2c1. The average molecular weight is 482 g/mol. The Balaban J connectivity index is 1.50. The van der Waals surface area contributed by atoms with Crippen molar-refractivity contribution >= 4 is 27.8 Å². The molecule has 0 saturated carbocycles. The van der Waals surface area contributed by atoms with E-state index in [0.717, 1.165) is 24.0 Å². The maximum absolute atomic E-state index is 13.1. The summed E-state index contributed by atoms with van der Waals surface area (Å²) < 4.78 is 2.96. The topological polar surface area (TPSA) is 120 Å². The number of benzene rings is 1. The Labute approximate surface area is 208 Å². The first-order chi connectivity index (χ1) is 17.5. The Morgan fingerprint density at radius 1 is 1.17 bits per heavy atom. The molecule has 0 bridgehead atoms. The first-order valence-corrected chi connectivity index (χ1v) is 12.0. The molecule has 1 saturated heterocycles. The number of piperazine rings is 1. The Bertz CT molecular complexity index is 1590. The normalized spacial score (nSPS) is 17.2. The summed E-state index contributed by atoms with van der Waals surface area (Å²) in [5.41, 5.74) is 4.44. The molecule has 10 nitrogen and oxygen atoms in total. The molecule has 1 aliphatic rings. The fourth-order valence-electron chi connectivity index (χ4n) is 5.26. The van der Waals surface area contributed by atoms with Gasteiger partial charge in [0.2, 0.25) is 0 Å². The van der Waals surface area contributed by atoms with Gasteiger partial charge in [-0.3, -0.25) is 24.3 Å². The highest BCUT2D eigenvalue weighted by atomic mass is 16.1. The van der Waals surface area contributed by atoms with Gasteiger partial charge in [0, 0.05) is 51.2 Å². The minimum Gasteiger partial charge on any atom is -0.366 e. The van der Waals surface area contributed by atoms with E-state index in [1.807, 2.05) is 6.07 Å². The summed E-state index contributed by atoms with van der Waals surface area (Å²) in [5, 5.41) is 23.6. The van der Waals surface area contributed by atoms with E-state index >= 15 is 0 Å². The summed E-state index contributed by atoms with van der Waals surface area (Å²) in [4.78, 5) is 26.5. The van der Waals surface area contributed by atoms with Crippen LogP contribution >= 0.6 is 0 Å². The van der Waals surface area contributed by atoms with Gasteiger partial charge in [0.25, 0.3) is 5.56 Å². The monoisotopic (exact) mass is 481 g/mol. The van der Waals surface area contributed by atoms with Crippen molar-refractivity contribution in [1.82, 2.24) is 29.2 Å². The molecular formula is C26H27N9O. The first kappa shape index (κ1) is 23.5. The van der Waals surface area contributed by atoms with E-state index in [0.29, 0.717) is 29.8 Å². The predicted molar refractivity (Wildman–Crippen MR) is 136 cm³/mol. The zero-order valence-electron chi connectivity index (χ0n) is 20.6. The number of fused-ring (bicyclic) bond motifs is 2. The summed E-state index contributed by atoms with van der Waals surface area (Å²) in [6.07, 6.45) is 6.01. The van der Waals surface area contributed by atoms with E-state index in [1.54, 1.807) is 25.6 Å². The highest BCUT2D eigenvalue weighted by molar-refractivity contribution is 5.91. The van der Waals surface area contributed by atoms with Crippen LogP contribution in [0.4, 0.5) is 5.69 Å². The molecule has 0 spiro atoms. The number of hydrogen-bond acceptors (Lipinski definition) is 8. The third-order valence-electron chi connectivity index (χ3n) is 7.22. The van der Waals surface area contributed by atoms with Crippen molar-refractivity contribution in [2.45, 2.75) is 38.9 Å². The Hall–Kier alpha value is -4.28. The molecule has 0 amide bonds. The smallest absolute Gasteiger partial charge is 0.271 e. The van der Waals surface area contributed by atoms with E-state index in [2.05, 4.69) is 63.0 Å². The standard InChI is InChI=1S/C26H27N9O/c1-4-19-15-33(11-12-35(19)17(2)18-5-6-21-22(13-18)30-9-8-29-21)25-20(14-28)26(36)32(3)23-16-34(10-7-27)31-24(23)25/h5-6,8-9,13,16-17,19H,4,10-12,15H2,1-3H3. The van der Waals surface area contributed by atoms with Crippen LogP contribution in [0.3, 0.4) is 0 Å². The first-order valence-electron chi connectivity index (χ1n) is 12.0. The van der Waals surface area contributed by atoms with E-state index in [9.17, 15) is 10.1 Å². The number of rotatable bonds is 5. The third-order valence-corrected chi connectivity index (χ3v) is 7.22. The van der Waals surface area contributed by atoms with Gasteiger partial charge in [-0.2, -0.15) is 15.6 Å². The summed E-state index contributed by atoms with van der Waals surface area (Å²) in [6, 6.07) is 10.8. The highest BCUT2D eigenvalue weighted by Gasteiger charge is 2.33. The van der Waals surface area contributed by atoms with E-state index in [4.69, 9.17) is 5.26 Å². The number of nitrogens with zero attached hydrogens (tertiary/aromatic N) is 9. The van der Waals surface area contributed by atoms with E-state index < -0.39 is 0 Å². The van der Waals surface area contributed by atoms with Gasteiger partial charge < -0.3 is 9.47 Å². The Kier molecular flexibility index (Phi) is 6.13. The molecule has 1 aliphatic heterocycles. The molecule has 2 atom stereocenters. The number of anilines is 1. The Morgan fingerprint density at radius 2 is 1.94 bits per heavy atom. The highest BCUT2D eigenvalue weighted by Crippen LogP contribution is 2.33. The minimum atomic E-state index is -0.349. The zero-order valence-corrected chi connectivity index (χ0v) is 20.6. The van der Waals surface area contributed by atoms with Gasteiger partial charge >= 0.3 is 0 Å². The summed E-state index contributed by atoms with van der Waals surface area (Å²) in [7, 11) is 1.64. The molecule has 4 aromatic rings. The maximum atomic E-state index is 13.1. The number of pyridine rings is 1. The van der Waals surface area contributed by atoms with E-state index in [1.165, 1.54) is 14.8 Å². The van der Waals surface area contributed by atoms with Crippen LogP contribution in [-0.4, -0.2) is 54.9 Å². The van der Waals surface area contributed by atoms with Gasteiger partial charge in [-0.1, -0.05) is 13.0 Å². The van der Waals surface area contributed by atoms with Crippen LogP contribution < -0.4 is 10.5 Å². The molecule has 3 aromatic heterocycles. The van der Waals surface area contributed by atoms with Gasteiger partial charge in [-0.05, 0) is 31.0 Å². The number of hydrogen-bond donors (Lipinski definition) is 0. The molecule has 0 radical (unpaired) electrons. The zero-order chi connectivity index (χ0) is 25.4. The molecule has 2 unspecified atom stereocenters. The quantitative estimate of drug-likeness (QED) is 0.427. The molecule has 0 aliphatic carbocycles. The molecule has 4 heterocycles. The molecular weight excluding hydrogens is 454 g/mol. The van der Waals surface area contributed by atoms with Crippen molar-refractivity contribution in [2.75, 3.05) is 24.5 Å². The number of aryl methyl sites for hydroxylation is 1. The van der Waals surface area contributed by atoms with Crippen LogP contribution in [0.1, 0.15) is 37.4 Å². The van der Waals surface area contributed by atoms with Crippen molar-refractivity contribution in [3.8, 4) is 12.1 Å². The van der Waals surface area contributed by atoms with Crippen LogP contribution in [0.5, 0.6) is 0 Å². The van der Waals surface area contributed by atoms with E-state index in [-0.39, 0.29) is 29.8 Å². The van der Waals surface area contributed by atoms with Crippen molar-refractivity contribution in [3.63, 3.8) is 0 Å². The molecule has 10 heteroatoms. The molecule has 1 aromatic carbocycles. The maximum Gasteiger partial charge on any atom is 0.271 e. The molecule has 5 rings (SSSR count). The molecule has 182 valence electrons. The Morgan fingerprint density at radius 3 is 2.67 bits per heavy atom. The lowest BCUT2D eigenvalue weighted by molar-refractivity contribution is 0.124.